The Morgan fingerprint density at radius 3 is 2.65 bits per heavy atom. The molecule has 0 fully saturated rings. The average Bonchev–Trinajstić information content (AvgIpc) is 2.81. The van der Waals surface area contributed by atoms with E-state index >= 15 is 0 Å². The molecule has 0 radical (unpaired) electrons. The summed E-state index contributed by atoms with van der Waals surface area (Å²) in [6, 6.07) is 10.6. The van der Waals surface area contributed by atoms with Crippen LogP contribution in [0.4, 0.5) is 5.69 Å². The van der Waals surface area contributed by atoms with E-state index in [1.807, 2.05) is 12.1 Å². The molecular weight excluding hydrogens is 352 g/mol. The number of rotatable bonds is 8. The minimum atomic E-state index is -3.69. The summed E-state index contributed by atoms with van der Waals surface area (Å²) in [7, 11) is -3.69. The highest BCUT2D eigenvalue weighted by Crippen LogP contribution is 2.41. The zero-order valence-corrected chi connectivity index (χ0v) is 15.9. The number of carbonyl (C=O) groups excluding carboxylic acids is 1. The molecule has 0 aliphatic carbocycles. The van der Waals surface area contributed by atoms with Gasteiger partial charge in [-0.3, -0.25) is 9.10 Å². The van der Waals surface area contributed by atoms with Gasteiger partial charge in [0.25, 0.3) is 10.0 Å². The van der Waals surface area contributed by atoms with Crippen molar-refractivity contribution in [1.29, 1.82) is 0 Å². The Hall–Kier alpha value is -2.12. The zero-order chi connectivity index (χ0) is 18.7. The van der Waals surface area contributed by atoms with Gasteiger partial charge in [-0.25, -0.2) is 8.42 Å². The fourth-order valence-corrected chi connectivity index (χ4v) is 4.70. The molecule has 1 amide bonds. The molecule has 0 bridgehead atoms. The summed E-state index contributed by atoms with van der Waals surface area (Å²) in [4.78, 5) is 12.5. The lowest BCUT2D eigenvalue weighted by Crippen LogP contribution is -2.39. The Morgan fingerprint density at radius 2 is 1.92 bits per heavy atom. The predicted molar refractivity (Wildman–Crippen MR) is 102 cm³/mol. The maximum atomic E-state index is 12.8. The van der Waals surface area contributed by atoms with Crippen LogP contribution >= 0.6 is 0 Å². The molecular formula is C19H24N2O4S. The monoisotopic (exact) mass is 376 g/mol. The van der Waals surface area contributed by atoms with Gasteiger partial charge in [-0.15, -0.1) is 0 Å². The molecule has 140 valence electrons. The van der Waals surface area contributed by atoms with Gasteiger partial charge in [-0.2, -0.15) is 0 Å². The second kappa shape index (κ2) is 7.63. The van der Waals surface area contributed by atoms with E-state index in [0.717, 1.165) is 5.39 Å². The van der Waals surface area contributed by atoms with Crippen molar-refractivity contribution < 1.29 is 17.9 Å². The number of hydrogen-bond acceptors (Lipinski definition) is 4. The quantitative estimate of drug-likeness (QED) is 0.719. The standard InChI is InChI=1S/C19H24N2O4S/c1-14(2)13-25-11-5-10-20-18(22)12-21-16-8-3-6-15-7-4-9-17(19(15)16)26(21,23)24/h3-4,6-9,14H,5,10-13H2,1-2H3,(H,20,22). The Bertz CT molecular complexity index is 904. The molecule has 0 saturated heterocycles. The highest BCUT2D eigenvalue weighted by molar-refractivity contribution is 7.93. The molecule has 0 atom stereocenters. The Morgan fingerprint density at radius 1 is 1.19 bits per heavy atom. The maximum Gasteiger partial charge on any atom is 0.265 e. The Kier molecular flexibility index (Phi) is 5.48. The summed E-state index contributed by atoms with van der Waals surface area (Å²) in [5.41, 5.74) is 0.563. The SMILES string of the molecule is CC(C)COCCCNC(=O)CN1c2cccc3cccc(c23)S1(=O)=O. The summed E-state index contributed by atoms with van der Waals surface area (Å²) >= 11 is 0. The van der Waals surface area contributed by atoms with Crippen molar-refractivity contribution in [3.8, 4) is 0 Å². The third-order valence-corrected chi connectivity index (χ3v) is 6.01. The summed E-state index contributed by atoms with van der Waals surface area (Å²) in [6.45, 7) is 5.67. The summed E-state index contributed by atoms with van der Waals surface area (Å²) in [5.74, 6) is 0.163. The van der Waals surface area contributed by atoms with Gasteiger partial charge in [-0.1, -0.05) is 38.1 Å². The van der Waals surface area contributed by atoms with Crippen LogP contribution in [0.5, 0.6) is 0 Å². The van der Waals surface area contributed by atoms with E-state index < -0.39 is 10.0 Å². The van der Waals surface area contributed by atoms with E-state index in [2.05, 4.69) is 19.2 Å². The van der Waals surface area contributed by atoms with Crippen molar-refractivity contribution in [2.45, 2.75) is 25.2 Å². The Balaban J connectivity index is 1.62. The predicted octanol–water partition coefficient (Wildman–Crippen LogP) is 2.53. The van der Waals surface area contributed by atoms with Crippen LogP contribution in [-0.4, -0.2) is 40.6 Å². The van der Waals surface area contributed by atoms with Crippen LogP contribution in [0.1, 0.15) is 20.3 Å². The molecule has 0 unspecified atom stereocenters. The van der Waals surface area contributed by atoms with Crippen LogP contribution in [-0.2, 0) is 19.6 Å². The molecule has 0 aromatic heterocycles. The van der Waals surface area contributed by atoms with Gasteiger partial charge in [0.2, 0.25) is 5.91 Å². The van der Waals surface area contributed by atoms with E-state index in [1.165, 1.54) is 4.31 Å². The molecule has 2 aromatic rings. The first-order chi connectivity index (χ1) is 12.4. The number of sulfonamides is 1. The van der Waals surface area contributed by atoms with Crippen molar-refractivity contribution in [2.75, 3.05) is 30.6 Å². The van der Waals surface area contributed by atoms with Crippen LogP contribution in [0.3, 0.4) is 0 Å². The number of ether oxygens (including phenoxy) is 1. The molecule has 3 rings (SSSR count). The van der Waals surface area contributed by atoms with Crippen LogP contribution in [0, 0.1) is 5.92 Å². The van der Waals surface area contributed by atoms with E-state index in [0.29, 0.717) is 43.2 Å². The number of amides is 1. The molecule has 7 heteroatoms. The van der Waals surface area contributed by atoms with E-state index in [9.17, 15) is 13.2 Å². The molecule has 6 nitrogen and oxygen atoms in total. The first-order valence-electron chi connectivity index (χ1n) is 8.80. The molecule has 1 aliphatic heterocycles. The number of nitrogens with one attached hydrogen (secondary N) is 1. The average molecular weight is 376 g/mol. The van der Waals surface area contributed by atoms with E-state index in [-0.39, 0.29) is 17.3 Å². The van der Waals surface area contributed by atoms with E-state index in [1.54, 1.807) is 24.3 Å². The number of hydrogen-bond donors (Lipinski definition) is 1. The first kappa shape index (κ1) is 18.7. The normalized spacial score (nSPS) is 15.0. The van der Waals surface area contributed by atoms with Gasteiger partial charge in [0.1, 0.15) is 6.54 Å². The van der Waals surface area contributed by atoms with Crippen LogP contribution in [0.2, 0.25) is 0 Å². The van der Waals surface area contributed by atoms with E-state index in [4.69, 9.17) is 4.74 Å². The highest BCUT2D eigenvalue weighted by Gasteiger charge is 2.36. The van der Waals surface area contributed by atoms with Gasteiger partial charge in [0.05, 0.1) is 10.6 Å². The lowest BCUT2D eigenvalue weighted by molar-refractivity contribution is -0.119. The molecule has 26 heavy (non-hydrogen) atoms. The smallest absolute Gasteiger partial charge is 0.265 e. The molecule has 1 heterocycles. The Labute approximate surface area is 154 Å². The summed E-state index contributed by atoms with van der Waals surface area (Å²) in [5, 5.41) is 4.31. The van der Waals surface area contributed by atoms with Crippen molar-refractivity contribution in [1.82, 2.24) is 5.32 Å². The molecule has 2 aromatic carbocycles. The minimum absolute atomic E-state index is 0.219. The second-order valence-electron chi connectivity index (χ2n) is 6.82. The maximum absolute atomic E-state index is 12.8. The van der Waals surface area contributed by atoms with Crippen LogP contribution in [0.15, 0.2) is 41.3 Å². The number of carbonyl (C=O) groups is 1. The summed E-state index contributed by atoms with van der Waals surface area (Å²) in [6.07, 6.45) is 0.695. The third kappa shape index (κ3) is 3.68. The lowest BCUT2D eigenvalue weighted by Gasteiger charge is -2.18. The largest absolute Gasteiger partial charge is 0.381 e. The van der Waals surface area contributed by atoms with Gasteiger partial charge >= 0.3 is 0 Å². The number of nitrogens with zero attached hydrogens (tertiary/aromatic N) is 1. The second-order valence-corrected chi connectivity index (χ2v) is 8.65. The highest BCUT2D eigenvalue weighted by atomic mass is 32.2. The van der Waals surface area contributed by atoms with Crippen molar-refractivity contribution in [2.24, 2.45) is 5.92 Å². The fourth-order valence-electron chi connectivity index (χ4n) is 3.04. The zero-order valence-electron chi connectivity index (χ0n) is 15.1. The van der Waals surface area contributed by atoms with Gasteiger partial charge in [0.15, 0.2) is 0 Å². The minimum Gasteiger partial charge on any atom is -0.381 e. The van der Waals surface area contributed by atoms with Gasteiger partial charge in [-0.05, 0) is 29.9 Å². The first-order valence-corrected chi connectivity index (χ1v) is 10.2. The molecule has 0 spiro atoms. The third-order valence-electron chi connectivity index (χ3n) is 4.21. The molecule has 0 saturated carbocycles. The van der Waals surface area contributed by atoms with Crippen molar-refractivity contribution >= 4 is 32.4 Å². The van der Waals surface area contributed by atoms with Gasteiger partial charge in [0, 0.05) is 25.1 Å². The fraction of sp³-hybridized carbons (Fsp3) is 0.421. The van der Waals surface area contributed by atoms with Crippen LogP contribution < -0.4 is 9.62 Å². The molecule has 1 aliphatic rings. The topological polar surface area (TPSA) is 75.7 Å². The summed E-state index contributed by atoms with van der Waals surface area (Å²) < 4.78 is 32.3. The van der Waals surface area contributed by atoms with Gasteiger partial charge < -0.3 is 10.1 Å². The number of anilines is 1. The van der Waals surface area contributed by atoms with Crippen LogP contribution in [0.25, 0.3) is 10.8 Å². The lowest BCUT2D eigenvalue weighted by atomic mass is 10.1. The molecule has 1 N–H and O–H groups in total. The van der Waals surface area contributed by atoms with Crippen molar-refractivity contribution in [3.05, 3.63) is 36.4 Å². The number of benzene rings is 2. The van der Waals surface area contributed by atoms with Crippen molar-refractivity contribution in [3.63, 3.8) is 0 Å².